The third-order valence-electron chi connectivity index (χ3n) is 5.20. The van der Waals surface area contributed by atoms with Crippen molar-refractivity contribution < 1.29 is 13.6 Å². The third kappa shape index (κ3) is 4.52. The summed E-state index contributed by atoms with van der Waals surface area (Å²) < 4.78 is 29.2. The fourth-order valence-electron chi connectivity index (χ4n) is 3.88. The van der Waals surface area contributed by atoms with E-state index in [1.165, 1.54) is 17.8 Å². The molecule has 1 amide bonds. The molecule has 1 aliphatic heterocycles. The number of rotatable bonds is 6. The van der Waals surface area contributed by atoms with Crippen LogP contribution in [0.15, 0.2) is 24.7 Å². The first-order valence-corrected chi connectivity index (χ1v) is 10.5. The van der Waals surface area contributed by atoms with Gasteiger partial charge in [0.05, 0.1) is 23.3 Å². The molecule has 1 fully saturated rings. The molecule has 1 atom stereocenters. The molecule has 3 aromatic heterocycles. The predicted molar refractivity (Wildman–Crippen MR) is 117 cm³/mol. The fraction of sp³-hybridized carbons (Fsp3) is 0.476. The summed E-state index contributed by atoms with van der Waals surface area (Å²) in [5, 5.41) is 11.6. The van der Waals surface area contributed by atoms with Gasteiger partial charge in [0.15, 0.2) is 11.6 Å². The number of hydrogen-bond acceptors (Lipinski definition) is 7. The molecule has 0 unspecified atom stereocenters. The molecular weight excluding hydrogens is 418 g/mol. The van der Waals surface area contributed by atoms with Gasteiger partial charge in [0, 0.05) is 51.3 Å². The molecule has 0 saturated carbocycles. The molecular formula is C21H26F2N8O. The Morgan fingerprint density at radius 3 is 2.75 bits per heavy atom. The molecule has 2 N–H and O–H groups in total. The number of amides is 1. The van der Waals surface area contributed by atoms with Crippen LogP contribution in [0, 0.1) is 0 Å². The number of anilines is 2. The molecule has 1 aliphatic rings. The number of nitrogens with zero attached hydrogens (tertiary/aromatic N) is 6. The molecule has 4 heterocycles. The standard InChI is InChI=1S/C21H26F2N8O/c1-12(2)26-14-5-6-30(11-14)20-15-8-25-18(27-13(3)32)7-16(15)31(29-20)19-10-24-9-17(28-19)21(4,22)23/h7-10,12,14,26H,5-6,11H2,1-4H3,(H,25,27,32)/t14-/m1/s1. The first-order chi connectivity index (χ1) is 15.1. The smallest absolute Gasteiger partial charge is 0.288 e. The van der Waals surface area contributed by atoms with Crippen LogP contribution in [0.2, 0.25) is 0 Å². The van der Waals surface area contributed by atoms with Crippen LogP contribution in [0.1, 0.15) is 39.8 Å². The summed E-state index contributed by atoms with van der Waals surface area (Å²) in [6.45, 7) is 7.93. The van der Waals surface area contributed by atoms with Gasteiger partial charge in [0.1, 0.15) is 11.5 Å². The van der Waals surface area contributed by atoms with E-state index in [4.69, 9.17) is 5.10 Å². The summed E-state index contributed by atoms with van der Waals surface area (Å²) in [7, 11) is 0. The topological polar surface area (TPSA) is 101 Å². The van der Waals surface area contributed by atoms with Crippen molar-refractivity contribution in [3.63, 3.8) is 0 Å². The van der Waals surface area contributed by atoms with Crippen molar-refractivity contribution in [3.05, 3.63) is 30.4 Å². The number of hydrogen-bond donors (Lipinski definition) is 2. The summed E-state index contributed by atoms with van der Waals surface area (Å²) in [6, 6.07) is 2.35. The SMILES string of the molecule is CC(=O)Nc1cc2c(cn1)c(N1CC[C@@H](NC(C)C)C1)nn2-c1cncc(C(C)(F)F)n1. The van der Waals surface area contributed by atoms with Gasteiger partial charge in [-0.15, -0.1) is 5.10 Å². The second-order valence-corrected chi connectivity index (χ2v) is 8.41. The number of alkyl halides is 2. The third-order valence-corrected chi connectivity index (χ3v) is 5.20. The van der Waals surface area contributed by atoms with Crippen LogP contribution in [-0.4, -0.2) is 55.8 Å². The van der Waals surface area contributed by atoms with Gasteiger partial charge in [0.2, 0.25) is 5.91 Å². The zero-order valence-corrected chi connectivity index (χ0v) is 18.4. The predicted octanol–water partition coefficient (Wildman–Crippen LogP) is 2.86. The second kappa shape index (κ2) is 8.38. The van der Waals surface area contributed by atoms with Gasteiger partial charge in [-0.25, -0.2) is 14.6 Å². The van der Waals surface area contributed by atoms with Crippen LogP contribution in [0.25, 0.3) is 16.7 Å². The number of halogens is 2. The maximum atomic E-state index is 13.9. The Morgan fingerprint density at radius 2 is 2.06 bits per heavy atom. The van der Waals surface area contributed by atoms with E-state index in [0.29, 0.717) is 29.2 Å². The molecule has 9 nitrogen and oxygen atoms in total. The van der Waals surface area contributed by atoms with E-state index in [1.54, 1.807) is 12.3 Å². The van der Waals surface area contributed by atoms with E-state index >= 15 is 0 Å². The minimum absolute atomic E-state index is 0.163. The number of aromatic nitrogens is 5. The zero-order valence-electron chi connectivity index (χ0n) is 18.4. The van der Waals surface area contributed by atoms with Gasteiger partial charge in [0.25, 0.3) is 5.92 Å². The Morgan fingerprint density at radius 1 is 1.28 bits per heavy atom. The maximum absolute atomic E-state index is 13.9. The average Bonchev–Trinajstić information content (AvgIpc) is 3.30. The number of pyridine rings is 1. The summed E-state index contributed by atoms with van der Waals surface area (Å²) in [5.74, 6) is -2.22. The maximum Gasteiger partial charge on any atom is 0.288 e. The molecule has 0 spiro atoms. The van der Waals surface area contributed by atoms with Crippen molar-refractivity contribution in [2.24, 2.45) is 0 Å². The van der Waals surface area contributed by atoms with Crippen molar-refractivity contribution in [2.45, 2.75) is 52.1 Å². The zero-order chi connectivity index (χ0) is 23.0. The number of carbonyl (C=O) groups excluding carboxylic acids is 1. The molecule has 0 aliphatic carbocycles. The lowest BCUT2D eigenvalue weighted by molar-refractivity contribution is -0.114. The lowest BCUT2D eigenvalue weighted by Crippen LogP contribution is -2.37. The molecule has 3 aromatic rings. The van der Waals surface area contributed by atoms with Crippen LogP contribution < -0.4 is 15.5 Å². The van der Waals surface area contributed by atoms with Gasteiger partial charge < -0.3 is 15.5 Å². The van der Waals surface area contributed by atoms with Crippen LogP contribution >= 0.6 is 0 Å². The van der Waals surface area contributed by atoms with Gasteiger partial charge in [-0.3, -0.25) is 9.78 Å². The quantitative estimate of drug-likeness (QED) is 0.603. The minimum Gasteiger partial charge on any atom is -0.353 e. The Balaban J connectivity index is 1.80. The van der Waals surface area contributed by atoms with Crippen molar-refractivity contribution >= 4 is 28.4 Å². The minimum atomic E-state index is -3.14. The number of fused-ring (bicyclic) bond motifs is 1. The molecule has 32 heavy (non-hydrogen) atoms. The van der Waals surface area contributed by atoms with Gasteiger partial charge >= 0.3 is 0 Å². The normalized spacial score (nSPS) is 16.8. The molecule has 0 bridgehead atoms. The summed E-state index contributed by atoms with van der Waals surface area (Å²) >= 11 is 0. The van der Waals surface area contributed by atoms with Crippen LogP contribution in [0.5, 0.6) is 0 Å². The Bertz CT molecular complexity index is 1140. The molecule has 1 saturated heterocycles. The van der Waals surface area contributed by atoms with E-state index in [2.05, 4.69) is 44.3 Å². The fourth-order valence-corrected chi connectivity index (χ4v) is 3.88. The summed E-state index contributed by atoms with van der Waals surface area (Å²) in [4.78, 5) is 26.0. The Hall–Kier alpha value is -3.21. The first kappa shape index (κ1) is 22.0. The van der Waals surface area contributed by atoms with E-state index in [1.807, 2.05) is 0 Å². The van der Waals surface area contributed by atoms with Crippen molar-refractivity contribution in [3.8, 4) is 5.82 Å². The highest BCUT2D eigenvalue weighted by molar-refractivity contribution is 5.95. The van der Waals surface area contributed by atoms with E-state index < -0.39 is 11.6 Å². The van der Waals surface area contributed by atoms with Crippen molar-refractivity contribution in [1.82, 2.24) is 30.0 Å². The lowest BCUT2D eigenvalue weighted by Gasteiger charge is -2.18. The van der Waals surface area contributed by atoms with Gasteiger partial charge in [-0.1, -0.05) is 13.8 Å². The Kier molecular flexibility index (Phi) is 5.76. The highest BCUT2D eigenvalue weighted by Gasteiger charge is 2.29. The largest absolute Gasteiger partial charge is 0.353 e. The van der Waals surface area contributed by atoms with Crippen LogP contribution in [-0.2, 0) is 10.7 Å². The average molecular weight is 444 g/mol. The van der Waals surface area contributed by atoms with Crippen molar-refractivity contribution in [2.75, 3.05) is 23.3 Å². The van der Waals surface area contributed by atoms with Crippen LogP contribution in [0.3, 0.4) is 0 Å². The molecule has 0 radical (unpaired) electrons. The number of carbonyl (C=O) groups is 1. The van der Waals surface area contributed by atoms with E-state index in [-0.39, 0.29) is 11.7 Å². The summed E-state index contributed by atoms with van der Waals surface area (Å²) in [6.07, 6.45) is 5.02. The summed E-state index contributed by atoms with van der Waals surface area (Å²) in [5.41, 5.74) is 0.142. The van der Waals surface area contributed by atoms with Crippen molar-refractivity contribution in [1.29, 1.82) is 0 Å². The molecule has 0 aromatic carbocycles. The first-order valence-electron chi connectivity index (χ1n) is 10.5. The second-order valence-electron chi connectivity index (χ2n) is 8.41. The molecule has 170 valence electrons. The van der Waals surface area contributed by atoms with E-state index in [0.717, 1.165) is 38.0 Å². The molecule has 11 heteroatoms. The number of nitrogens with one attached hydrogen (secondary N) is 2. The van der Waals surface area contributed by atoms with Crippen LogP contribution in [0.4, 0.5) is 20.4 Å². The van der Waals surface area contributed by atoms with Gasteiger partial charge in [-0.2, -0.15) is 8.78 Å². The van der Waals surface area contributed by atoms with Gasteiger partial charge in [-0.05, 0) is 6.42 Å². The highest BCUT2D eigenvalue weighted by atomic mass is 19.3. The van der Waals surface area contributed by atoms with E-state index in [9.17, 15) is 13.6 Å². The lowest BCUT2D eigenvalue weighted by atomic mass is 10.2. The molecule has 4 rings (SSSR count). The monoisotopic (exact) mass is 444 g/mol. The highest BCUT2D eigenvalue weighted by Crippen LogP contribution is 2.32. The Labute approximate surface area is 184 Å².